The van der Waals surface area contributed by atoms with E-state index in [1.54, 1.807) is 0 Å². The molecule has 0 radical (unpaired) electrons. The Bertz CT molecular complexity index is 616. The molecule has 2 saturated heterocycles. The summed E-state index contributed by atoms with van der Waals surface area (Å²) in [6.07, 6.45) is 3.83. The van der Waals surface area contributed by atoms with Crippen LogP contribution in [0.15, 0.2) is 6.07 Å². The van der Waals surface area contributed by atoms with Crippen LogP contribution in [0.1, 0.15) is 55.4 Å². The average Bonchev–Trinajstić information content (AvgIpc) is 3.00. The first-order chi connectivity index (χ1) is 12.0. The van der Waals surface area contributed by atoms with Crippen LogP contribution in [0.25, 0.3) is 0 Å². The number of aliphatic hydroxyl groups is 1. The lowest BCUT2D eigenvalue weighted by atomic mass is 9.93. The lowest BCUT2D eigenvalue weighted by Crippen LogP contribution is -2.46. The van der Waals surface area contributed by atoms with Gasteiger partial charge in [0.2, 0.25) is 0 Å². The summed E-state index contributed by atoms with van der Waals surface area (Å²) >= 11 is 0. The third kappa shape index (κ3) is 4.74. The van der Waals surface area contributed by atoms with Gasteiger partial charge in [0, 0.05) is 50.4 Å². The maximum Gasteiger partial charge on any atom is 0.303 e. The number of aromatic nitrogens is 2. The van der Waals surface area contributed by atoms with Crippen molar-refractivity contribution >= 4 is 5.97 Å². The summed E-state index contributed by atoms with van der Waals surface area (Å²) in [5.74, 6) is -0.0596. The maximum atomic E-state index is 10.8. The number of hydrogen-bond donors (Lipinski definition) is 2. The molecule has 2 fully saturated rings. The summed E-state index contributed by atoms with van der Waals surface area (Å²) in [6, 6.07) is 1.95. The minimum atomic E-state index is -0.818. The second-order valence-corrected chi connectivity index (χ2v) is 7.22. The van der Waals surface area contributed by atoms with Crippen molar-refractivity contribution in [1.82, 2.24) is 14.9 Å². The molecule has 7 heteroatoms. The van der Waals surface area contributed by atoms with Crippen molar-refractivity contribution in [3.8, 4) is 0 Å². The Morgan fingerprint density at radius 2 is 2.16 bits per heavy atom. The van der Waals surface area contributed by atoms with Crippen molar-refractivity contribution in [1.29, 1.82) is 0 Å². The molecule has 138 valence electrons. The van der Waals surface area contributed by atoms with Gasteiger partial charge >= 0.3 is 5.97 Å². The molecule has 2 aliphatic rings. The van der Waals surface area contributed by atoms with Gasteiger partial charge in [0.25, 0.3) is 0 Å². The van der Waals surface area contributed by atoms with E-state index in [1.807, 2.05) is 13.0 Å². The second kappa shape index (κ2) is 7.76. The van der Waals surface area contributed by atoms with Gasteiger partial charge in [-0.3, -0.25) is 9.69 Å². The number of rotatable bonds is 6. The SMILES string of the molecule is Cc1cc(CCC(=O)O)nc(C2CCCN2CC2(O)CCOCC2)n1. The Kier molecular flexibility index (Phi) is 5.66. The van der Waals surface area contributed by atoms with Gasteiger partial charge in [-0.05, 0) is 32.4 Å². The van der Waals surface area contributed by atoms with E-state index < -0.39 is 11.6 Å². The van der Waals surface area contributed by atoms with Gasteiger partial charge < -0.3 is 14.9 Å². The molecule has 7 nitrogen and oxygen atoms in total. The highest BCUT2D eigenvalue weighted by molar-refractivity contribution is 5.66. The van der Waals surface area contributed by atoms with Crippen LogP contribution in [0.4, 0.5) is 0 Å². The molecule has 0 amide bonds. The zero-order chi connectivity index (χ0) is 17.9. The summed E-state index contributed by atoms with van der Waals surface area (Å²) in [5.41, 5.74) is 0.945. The molecule has 0 spiro atoms. The fraction of sp³-hybridized carbons (Fsp3) is 0.722. The number of likely N-dealkylation sites (tertiary alicyclic amines) is 1. The number of nitrogens with zero attached hydrogens (tertiary/aromatic N) is 3. The Morgan fingerprint density at radius 1 is 1.40 bits per heavy atom. The smallest absolute Gasteiger partial charge is 0.303 e. The molecule has 3 rings (SSSR count). The lowest BCUT2D eigenvalue weighted by molar-refractivity contribution is -0.137. The Morgan fingerprint density at radius 3 is 2.88 bits per heavy atom. The van der Waals surface area contributed by atoms with Crippen LogP contribution >= 0.6 is 0 Å². The zero-order valence-electron chi connectivity index (χ0n) is 14.8. The highest BCUT2D eigenvalue weighted by Gasteiger charge is 2.37. The van der Waals surface area contributed by atoms with Crippen molar-refractivity contribution in [3.05, 3.63) is 23.3 Å². The molecule has 3 heterocycles. The van der Waals surface area contributed by atoms with Crippen LogP contribution in [-0.2, 0) is 16.0 Å². The third-order valence-corrected chi connectivity index (χ3v) is 5.10. The van der Waals surface area contributed by atoms with Crippen LogP contribution in [0.3, 0.4) is 0 Å². The minimum absolute atomic E-state index is 0.0734. The number of carboxylic acid groups (broad SMARTS) is 1. The summed E-state index contributed by atoms with van der Waals surface area (Å²) in [4.78, 5) is 22.3. The summed E-state index contributed by atoms with van der Waals surface area (Å²) in [7, 11) is 0. The quantitative estimate of drug-likeness (QED) is 0.803. The van der Waals surface area contributed by atoms with E-state index in [0.717, 1.165) is 36.6 Å². The second-order valence-electron chi connectivity index (χ2n) is 7.22. The highest BCUT2D eigenvalue weighted by atomic mass is 16.5. The fourth-order valence-electron chi connectivity index (χ4n) is 3.77. The third-order valence-electron chi connectivity index (χ3n) is 5.10. The number of aryl methyl sites for hydroxylation is 2. The summed E-state index contributed by atoms with van der Waals surface area (Å²) in [6.45, 7) is 4.67. The Hall–Kier alpha value is -1.57. The normalized spacial score (nSPS) is 23.7. The predicted octanol–water partition coefficient (Wildman–Crippen LogP) is 1.48. The molecule has 0 saturated carbocycles. The first-order valence-corrected chi connectivity index (χ1v) is 9.06. The van der Waals surface area contributed by atoms with Crippen LogP contribution in [0.5, 0.6) is 0 Å². The van der Waals surface area contributed by atoms with Crippen molar-refractivity contribution in [3.63, 3.8) is 0 Å². The Labute approximate surface area is 148 Å². The van der Waals surface area contributed by atoms with Gasteiger partial charge in [0.15, 0.2) is 0 Å². The molecular formula is C18H27N3O4. The van der Waals surface area contributed by atoms with Crippen molar-refractivity contribution < 1.29 is 19.7 Å². The van der Waals surface area contributed by atoms with Gasteiger partial charge in [0.1, 0.15) is 5.82 Å². The van der Waals surface area contributed by atoms with E-state index in [9.17, 15) is 9.90 Å². The van der Waals surface area contributed by atoms with Gasteiger partial charge in [-0.1, -0.05) is 0 Å². The molecule has 1 unspecified atom stereocenters. The molecule has 1 atom stereocenters. The van der Waals surface area contributed by atoms with E-state index in [0.29, 0.717) is 39.0 Å². The van der Waals surface area contributed by atoms with Gasteiger partial charge in [-0.2, -0.15) is 0 Å². The number of carbonyl (C=O) groups is 1. The van der Waals surface area contributed by atoms with Crippen molar-refractivity contribution in [2.24, 2.45) is 0 Å². The van der Waals surface area contributed by atoms with E-state index in [4.69, 9.17) is 9.84 Å². The molecule has 1 aromatic heterocycles. The largest absolute Gasteiger partial charge is 0.481 e. The summed E-state index contributed by atoms with van der Waals surface area (Å²) < 4.78 is 5.37. The van der Waals surface area contributed by atoms with Gasteiger partial charge in [0.05, 0.1) is 18.1 Å². The van der Waals surface area contributed by atoms with Gasteiger partial charge in [-0.25, -0.2) is 9.97 Å². The molecule has 25 heavy (non-hydrogen) atoms. The first-order valence-electron chi connectivity index (χ1n) is 9.06. The molecule has 1 aromatic rings. The van der Waals surface area contributed by atoms with Crippen LogP contribution in [0, 0.1) is 6.92 Å². The predicted molar refractivity (Wildman–Crippen MR) is 91.3 cm³/mol. The number of β-amino-alcohol motifs (C(OH)–C–C–N with tert-alkyl or cyclic N) is 1. The van der Waals surface area contributed by atoms with Crippen LogP contribution < -0.4 is 0 Å². The van der Waals surface area contributed by atoms with Crippen LogP contribution in [0.2, 0.25) is 0 Å². The van der Waals surface area contributed by atoms with E-state index in [-0.39, 0.29) is 12.5 Å². The van der Waals surface area contributed by atoms with Crippen LogP contribution in [-0.4, -0.2) is 63.0 Å². The average molecular weight is 349 g/mol. The topological polar surface area (TPSA) is 95.8 Å². The monoisotopic (exact) mass is 349 g/mol. The molecular weight excluding hydrogens is 322 g/mol. The Balaban J connectivity index is 1.74. The summed E-state index contributed by atoms with van der Waals surface area (Å²) in [5, 5.41) is 19.7. The first kappa shape index (κ1) is 18.2. The van der Waals surface area contributed by atoms with E-state index in [2.05, 4.69) is 14.9 Å². The molecule has 2 aliphatic heterocycles. The zero-order valence-corrected chi connectivity index (χ0v) is 14.8. The number of hydrogen-bond acceptors (Lipinski definition) is 6. The molecule has 0 aromatic carbocycles. The van der Waals surface area contributed by atoms with E-state index in [1.165, 1.54) is 0 Å². The van der Waals surface area contributed by atoms with Gasteiger partial charge in [-0.15, -0.1) is 0 Å². The lowest BCUT2D eigenvalue weighted by Gasteiger charge is -2.37. The maximum absolute atomic E-state index is 10.8. The van der Waals surface area contributed by atoms with Crippen molar-refractivity contribution in [2.45, 2.75) is 57.1 Å². The minimum Gasteiger partial charge on any atom is -0.481 e. The standard InChI is InChI=1S/C18H27N3O4/c1-13-11-14(4-5-16(22)23)20-17(19-13)15-3-2-8-21(15)12-18(24)6-9-25-10-7-18/h11,15,24H,2-10,12H2,1H3,(H,22,23). The fourth-order valence-corrected chi connectivity index (χ4v) is 3.77. The van der Waals surface area contributed by atoms with E-state index >= 15 is 0 Å². The molecule has 2 N–H and O–H groups in total. The highest BCUT2D eigenvalue weighted by Crippen LogP contribution is 2.33. The number of ether oxygens (including phenoxy) is 1. The molecule has 0 bridgehead atoms. The molecule has 0 aliphatic carbocycles. The number of aliphatic carboxylic acids is 1. The number of carboxylic acids is 1. The van der Waals surface area contributed by atoms with Crippen molar-refractivity contribution in [2.75, 3.05) is 26.3 Å².